The van der Waals surface area contributed by atoms with E-state index in [0.717, 1.165) is 0 Å². The highest BCUT2D eigenvalue weighted by Gasteiger charge is 2.29. The van der Waals surface area contributed by atoms with E-state index >= 15 is 0 Å². The van der Waals surface area contributed by atoms with Gasteiger partial charge in [0.1, 0.15) is 5.82 Å². The molecule has 174 valence electrons. The molecule has 0 radical (unpaired) electrons. The number of morpholine rings is 1. The van der Waals surface area contributed by atoms with Gasteiger partial charge < -0.3 is 15.0 Å². The Morgan fingerprint density at radius 1 is 1.19 bits per heavy atom. The van der Waals surface area contributed by atoms with Crippen LogP contribution in [0.25, 0.3) is 0 Å². The van der Waals surface area contributed by atoms with E-state index in [1.807, 2.05) is 6.92 Å². The van der Waals surface area contributed by atoms with Crippen molar-refractivity contribution in [1.82, 2.24) is 9.62 Å². The van der Waals surface area contributed by atoms with E-state index in [4.69, 9.17) is 4.74 Å². The fraction of sp³-hybridized carbons (Fsp3) is 0.435. The van der Waals surface area contributed by atoms with Gasteiger partial charge in [-0.3, -0.25) is 4.79 Å². The number of ether oxygens (including phenoxy) is 1. The molecule has 32 heavy (non-hydrogen) atoms. The predicted octanol–water partition coefficient (Wildman–Crippen LogP) is 2.67. The minimum Gasteiger partial charge on any atom is -0.379 e. The molecule has 0 bridgehead atoms. The van der Waals surface area contributed by atoms with Gasteiger partial charge in [-0.05, 0) is 42.7 Å². The molecule has 3 rings (SSSR count). The van der Waals surface area contributed by atoms with Crippen LogP contribution < -0.4 is 10.2 Å². The van der Waals surface area contributed by atoms with Gasteiger partial charge in [-0.15, -0.1) is 0 Å². The Labute approximate surface area is 189 Å². The van der Waals surface area contributed by atoms with Crippen molar-refractivity contribution in [2.75, 3.05) is 51.3 Å². The van der Waals surface area contributed by atoms with Crippen LogP contribution in [0.15, 0.2) is 47.4 Å². The number of hydrogen-bond acceptors (Lipinski definition) is 5. The van der Waals surface area contributed by atoms with Crippen LogP contribution in [-0.4, -0.2) is 65.1 Å². The first-order chi connectivity index (χ1) is 15.3. The summed E-state index contributed by atoms with van der Waals surface area (Å²) in [4.78, 5) is 14.6. The van der Waals surface area contributed by atoms with Crippen LogP contribution in [0.3, 0.4) is 0 Å². The summed E-state index contributed by atoms with van der Waals surface area (Å²) < 4.78 is 46.8. The average Bonchev–Trinajstić information content (AvgIpc) is 2.82. The number of hydrogen-bond donors (Lipinski definition) is 1. The Balaban J connectivity index is 1.63. The van der Waals surface area contributed by atoms with Gasteiger partial charge in [-0.25, -0.2) is 12.8 Å². The zero-order valence-electron chi connectivity index (χ0n) is 18.5. The van der Waals surface area contributed by atoms with E-state index in [1.54, 1.807) is 42.3 Å². The molecule has 1 heterocycles. The molecule has 2 aromatic carbocycles. The Morgan fingerprint density at radius 2 is 1.91 bits per heavy atom. The van der Waals surface area contributed by atoms with E-state index in [-0.39, 0.29) is 16.6 Å². The number of nitrogens with one attached hydrogen (secondary N) is 1. The van der Waals surface area contributed by atoms with E-state index in [0.29, 0.717) is 69.0 Å². The zero-order chi connectivity index (χ0) is 23.1. The normalized spacial score (nSPS) is 14.8. The number of nitrogens with zero attached hydrogens (tertiary/aromatic N) is 2. The molecule has 0 saturated carbocycles. The minimum atomic E-state index is -3.70. The van der Waals surface area contributed by atoms with Crippen molar-refractivity contribution in [2.24, 2.45) is 0 Å². The second-order valence-corrected chi connectivity index (χ2v) is 9.58. The van der Waals surface area contributed by atoms with Crippen LogP contribution in [0.4, 0.5) is 10.1 Å². The highest BCUT2D eigenvalue weighted by Crippen LogP contribution is 2.23. The molecule has 1 N–H and O–H groups in total. The van der Waals surface area contributed by atoms with Gasteiger partial charge in [0.25, 0.3) is 5.91 Å². The number of benzene rings is 2. The molecule has 7 nitrogen and oxygen atoms in total. The number of halogens is 1. The maximum Gasteiger partial charge on any atom is 0.251 e. The van der Waals surface area contributed by atoms with Crippen molar-refractivity contribution in [3.05, 3.63) is 59.4 Å². The van der Waals surface area contributed by atoms with Gasteiger partial charge in [-0.2, -0.15) is 4.31 Å². The Bertz CT molecular complexity index is 1040. The lowest BCUT2D eigenvalue weighted by atomic mass is 10.1. The average molecular weight is 464 g/mol. The van der Waals surface area contributed by atoms with Gasteiger partial charge >= 0.3 is 0 Å². The molecular weight excluding hydrogens is 433 g/mol. The summed E-state index contributed by atoms with van der Waals surface area (Å²) in [5, 5.41) is 2.83. The number of anilines is 1. The van der Waals surface area contributed by atoms with E-state index in [2.05, 4.69) is 5.32 Å². The third kappa shape index (κ3) is 5.65. The van der Waals surface area contributed by atoms with Gasteiger partial charge in [0.2, 0.25) is 10.0 Å². The molecule has 2 aromatic rings. The van der Waals surface area contributed by atoms with Crippen LogP contribution in [0.5, 0.6) is 0 Å². The highest BCUT2D eigenvalue weighted by molar-refractivity contribution is 7.89. The van der Waals surface area contributed by atoms with E-state index in [9.17, 15) is 17.6 Å². The van der Waals surface area contributed by atoms with Gasteiger partial charge in [-0.1, -0.05) is 25.1 Å². The molecule has 1 amide bonds. The standard InChI is InChI=1S/C23H30FN3O4S/c1-3-18-9-10-19(17-22(18)32(29,30)27-13-15-31-16-14-27)23(28)25-11-6-12-26(2)21-8-5-4-7-20(21)24/h4-5,7-10,17H,3,6,11-16H2,1-2H3,(H,25,28). The molecule has 1 aliphatic heterocycles. The van der Waals surface area contributed by atoms with Gasteiger partial charge in [0.05, 0.1) is 23.8 Å². The molecule has 1 fully saturated rings. The number of aryl methyl sites for hydroxylation is 1. The summed E-state index contributed by atoms with van der Waals surface area (Å²) in [6, 6.07) is 11.4. The smallest absolute Gasteiger partial charge is 0.251 e. The highest BCUT2D eigenvalue weighted by atomic mass is 32.2. The second kappa shape index (κ2) is 10.9. The Morgan fingerprint density at radius 3 is 2.59 bits per heavy atom. The molecular formula is C23H30FN3O4S. The molecule has 0 spiro atoms. The number of para-hydroxylation sites is 1. The summed E-state index contributed by atoms with van der Waals surface area (Å²) in [7, 11) is -1.90. The van der Waals surface area contributed by atoms with Crippen molar-refractivity contribution in [3.63, 3.8) is 0 Å². The summed E-state index contributed by atoms with van der Waals surface area (Å²) in [6.07, 6.45) is 1.16. The fourth-order valence-electron chi connectivity index (χ4n) is 3.66. The maximum absolute atomic E-state index is 13.9. The van der Waals surface area contributed by atoms with Crippen LogP contribution in [-0.2, 0) is 21.2 Å². The van der Waals surface area contributed by atoms with Gasteiger partial charge in [0.15, 0.2) is 0 Å². The van der Waals surface area contributed by atoms with Crippen LogP contribution in [0.1, 0.15) is 29.3 Å². The van der Waals surface area contributed by atoms with Gasteiger partial charge in [0, 0.05) is 38.8 Å². The van der Waals surface area contributed by atoms with E-state index < -0.39 is 10.0 Å². The molecule has 0 unspecified atom stereocenters. The molecule has 9 heteroatoms. The molecule has 1 aliphatic rings. The second-order valence-electron chi connectivity index (χ2n) is 7.67. The van der Waals surface area contributed by atoms with Crippen molar-refractivity contribution in [3.8, 4) is 0 Å². The largest absolute Gasteiger partial charge is 0.379 e. The SMILES string of the molecule is CCc1ccc(C(=O)NCCCN(C)c2ccccc2F)cc1S(=O)(=O)N1CCOCC1. The van der Waals surface area contributed by atoms with Crippen LogP contribution >= 0.6 is 0 Å². The Hall–Kier alpha value is -2.49. The third-order valence-electron chi connectivity index (χ3n) is 5.52. The van der Waals surface area contributed by atoms with Crippen molar-refractivity contribution in [2.45, 2.75) is 24.7 Å². The van der Waals surface area contributed by atoms with Crippen LogP contribution in [0.2, 0.25) is 0 Å². The maximum atomic E-state index is 13.9. The number of rotatable bonds is 9. The molecule has 0 atom stereocenters. The first-order valence-electron chi connectivity index (χ1n) is 10.8. The number of carbonyl (C=O) groups is 1. The molecule has 1 saturated heterocycles. The number of carbonyl (C=O) groups excluding carboxylic acids is 1. The van der Waals surface area contributed by atoms with E-state index in [1.165, 1.54) is 16.4 Å². The quantitative estimate of drug-likeness (QED) is 0.579. The van der Waals surface area contributed by atoms with Crippen molar-refractivity contribution in [1.29, 1.82) is 0 Å². The third-order valence-corrected chi connectivity index (χ3v) is 7.50. The number of amides is 1. The monoisotopic (exact) mass is 463 g/mol. The summed E-state index contributed by atoms with van der Waals surface area (Å²) in [5.41, 5.74) is 1.49. The van der Waals surface area contributed by atoms with Crippen molar-refractivity contribution < 1.29 is 22.3 Å². The Kier molecular flexibility index (Phi) is 8.22. The molecule has 0 aliphatic carbocycles. The minimum absolute atomic E-state index is 0.175. The number of sulfonamides is 1. The zero-order valence-corrected chi connectivity index (χ0v) is 19.3. The lowest BCUT2D eigenvalue weighted by Crippen LogP contribution is -2.41. The lowest BCUT2D eigenvalue weighted by Gasteiger charge is -2.27. The van der Waals surface area contributed by atoms with Crippen molar-refractivity contribution >= 4 is 21.6 Å². The topological polar surface area (TPSA) is 79.0 Å². The lowest BCUT2D eigenvalue weighted by molar-refractivity contribution is 0.0730. The summed E-state index contributed by atoms with van der Waals surface area (Å²) in [6.45, 7) is 4.17. The first kappa shape index (κ1) is 24.2. The summed E-state index contributed by atoms with van der Waals surface area (Å²) >= 11 is 0. The first-order valence-corrected chi connectivity index (χ1v) is 12.2. The molecule has 0 aromatic heterocycles. The predicted molar refractivity (Wildman–Crippen MR) is 122 cm³/mol. The summed E-state index contributed by atoms with van der Waals surface area (Å²) in [5.74, 6) is -0.622. The fourth-order valence-corrected chi connectivity index (χ4v) is 5.38. The van der Waals surface area contributed by atoms with Crippen LogP contribution in [0, 0.1) is 5.82 Å².